The normalized spacial score (nSPS) is 24.3. The molecule has 1 aromatic carbocycles. The lowest BCUT2D eigenvalue weighted by Gasteiger charge is -2.28. The Balaban J connectivity index is 1.78. The Labute approximate surface area is 144 Å². The maximum absolute atomic E-state index is 13.0. The van der Waals surface area contributed by atoms with Crippen molar-refractivity contribution in [3.05, 3.63) is 45.6 Å². The van der Waals surface area contributed by atoms with E-state index in [9.17, 15) is 4.79 Å². The number of fused-ring (bicyclic) bond motifs is 1. The number of hydrogen-bond donors (Lipinski definition) is 0. The Morgan fingerprint density at radius 1 is 1.35 bits per heavy atom. The van der Waals surface area contributed by atoms with Crippen LogP contribution in [0.2, 0.25) is 5.02 Å². The fourth-order valence-electron chi connectivity index (χ4n) is 3.58. The number of hydrogen-bond acceptors (Lipinski definition) is 4. The summed E-state index contributed by atoms with van der Waals surface area (Å²) in [5.74, 6) is 0.789. The molecule has 2 saturated heterocycles. The standard InChI is InChI=1S/C17H17ClN2O2S/c1-22-14-7-6-11(10-12(14)18)20-16(15-5-3-9-23-15)19-8-2-4-13(19)17(20)21/h3,5-7,9-10,13,16H,2,4,8H2,1H3/t13-,16+/m1/s1. The van der Waals surface area contributed by atoms with Crippen LogP contribution in [0.15, 0.2) is 35.7 Å². The fourth-order valence-corrected chi connectivity index (χ4v) is 4.66. The zero-order valence-corrected chi connectivity index (χ0v) is 14.3. The zero-order chi connectivity index (χ0) is 16.0. The number of benzene rings is 1. The van der Waals surface area contributed by atoms with Gasteiger partial charge in [-0.05, 0) is 42.5 Å². The molecule has 3 heterocycles. The number of amides is 1. The number of anilines is 1. The minimum absolute atomic E-state index is 0.0111. The average molecular weight is 349 g/mol. The van der Waals surface area contributed by atoms with E-state index in [1.54, 1.807) is 18.4 Å². The van der Waals surface area contributed by atoms with Crippen molar-refractivity contribution in [2.75, 3.05) is 18.6 Å². The molecule has 2 aromatic rings. The van der Waals surface area contributed by atoms with E-state index in [0.29, 0.717) is 10.8 Å². The van der Waals surface area contributed by atoms with E-state index in [4.69, 9.17) is 16.3 Å². The Hall–Kier alpha value is -1.56. The quantitative estimate of drug-likeness (QED) is 0.842. The van der Waals surface area contributed by atoms with Crippen LogP contribution in [-0.4, -0.2) is 30.5 Å². The highest BCUT2D eigenvalue weighted by molar-refractivity contribution is 7.10. The molecule has 0 N–H and O–H groups in total. The van der Waals surface area contributed by atoms with Gasteiger partial charge in [-0.2, -0.15) is 0 Å². The number of methoxy groups -OCH3 is 1. The second-order valence-corrected chi connectivity index (χ2v) is 7.20. The van der Waals surface area contributed by atoms with Crippen LogP contribution >= 0.6 is 22.9 Å². The lowest BCUT2D eigenvalue weighted by atomic mass is 10.2. The summed E-state index contributed by atoms with van der Waals surface area (Å²) >= 11 is 7.96. The first-order valence-electron chi connectivity index (χ1n) is 7.66. The average Bonchev–Trinajstić information content (AvgIpc) is 3.26. The second kappa shape index (κ2) is 5.82. The molecular formula is C17H17ClN2O2S. The predicted molar refractivity (Wildman–Crippen MR) is 92.3 cm³/mol. The topological polar surface area (TPSA) is 32.8 Å². The number of halogens is 1. The number of rotatable bonds is 3. The molecule has 4 rings (SSSR count). The van der Waals surface area contributed by atoms with Gasteiger partial charge < -0.3 is 4.74 Å². The van der Waals surface area contributed by atoms with Crippen molar-refractivity contribution in [3.63, 3.8) is 0 Å². The second-order valence-electron chi connectivity index (χ2n) is 5.81. The zero-order valence-electron chi connectivity index (χ0n) is 12.7. The SMILES string of the molecule is COc1ccc(N2C(=O)[C@H]3CCCN3[C@@H]2c2cccs2)cc1Cl. The van der Waals surface area contributed by atoms with Crippen molar-refractivity contribution in [2.45, 2.75) is 25.0 Å². The molecule has 2 fully saturated rings. The monoisotopic (exact) mass is 348 g/mol. The van der Waals surface area contributed by atoms with Gasteiger partial charge in [-0.15, -0.1) is 11.3 Å². The van der Waals surface area contributed by atoms with Crippen molar-refractivity contribution in [3.8, 4) is 5.75 Å². The molecule has 1 aromatic heterocycles. The predicted octanol–water partition coefficient (Wildman–Crippen LogP) is 3.92. The first kappa shape index (κ1) is 15.0. The third kappa shape index (κ3) is 2.35. The van der Waals surface area contributed by atoms with E-state index in [0.717, 1.165) is 25.1 Å². The lowest BCUT2D eigenvalue weighted by molar-refractivity contribution is -0.119. The molecule has 0 radical (unpaired) electrons. The molecule has 0 aliphatic carbocycles. The van der Waals surface area contributed by atoms with Crippen LogP contribution in [-0.2, 0) is 4.79 Å². The lowest BCUT2D eigenvalue weighted by Crippen LogP contribution is -2.31. The van der Waals surface area contributed by atoms with Crippen molar-refractivity contribution in [1.82, 2.24) is 4.90 Å². The van der Waals surface area contributed by atoms with Gasteiger partial charge >= 0.3 is 0 Å². The van der Waals surface area contributed by atoms with Crippen LogP contribution in [0.25, 0.3) is 0 Å². The molecule has 120 valence electrons. The van der Waals surface area contributed by atoms with Crippen molar-refractivity contribution in [2.24, 2.45) is 0 Å². The molecule has 0 saturated carbocycles. The highest BCUT2D eigenvalue weighted by Crippen LogP contribution is 2.44. The Kier molecular flexibility index (Phi) is 3.79. The van der Waals surface area contributed by atoms with Crippen molar-refractivity contribution in [1.29, 1.82) is 0 Å². The number of carbonyl (C=O) groups is 1. The fraction of sp³-hybridized carbons (Fsp3) is 0.353. The minimum atomic E-state index is -0.0283. The van der Waals surface area contributed by atoms with Crippen LogP contribution < -0.4 is 9.64 Å². The van der Waals surface area contributed by atoms with Gasteiger partial charge in [-0.25, -0.2) is 0 Å². The highest BCUT2D eigenvalue weighted by Gasteiger charge is 2.49. The van der Waals surface area contributed by atoms with Gasteiger partial charge in [0.2, 0.25) is 5.91 Å². The maximum Gasteiger partial charge on any atom is 0.246 e. The van der Waals surface area contributed by atoms with Gasteiger partial charge in [0.15, 0.2) is 0 Å². The van der Waals surface area contributed by atoms with E-state index in [1.165, 1.54) is 4.88 Å². The molecule has 6 heteroatoms. The molecule has 23 heavy (non-hydrogen) atoms. The van der Waals surface area contributed by atoms with E-state index in [-0.39, 0.29) is 18.1 Å². The Morgan fingerprint density at radius 2 is 2.22 bits per heavy atom. The molecule has 4 nitrogen and oxygen atoms in total. The summed E-state index contributed by atoms with van der Waals surface area (Å²) in [6.45, 7) is 0.958. The van der Waals surface area contributed by atoms with Crippen LogP contribution in [0, 0.1) is 0 Å². The van der Waals surface area contributed by atoms with Gasteiger partial charge in [0, 0.05) is 17.1 Å². The van der Waals surface area contributed by atoms with E-state index < -0.39 is 0 Å². The van der Waals surface area contributed by atoms with Crippen LogP contribution in [0.4, 0.5) is 5.69 Å². The molecule has 2 aliphatic heterocycles. The largest absolute Gasteiger partial charge is 0.495 e. The number of nitrogens with zero attached hydrogens (tertiary/aromatic N) is 2. The molecule has 0 unspecified atom stereocenters. The molecule has 2 atom stereocenters. The van der Waals surface area contributed by atoms with Gasteiger partial charge in [-0.1, -0.05) is 17.7 Å². The summed E-state index contributed by atoms with van der Waals surface area (Å²) < 4.78 is 5.22. The third-order valence-electron chi connectivity index (χ3n) is 4.59. The number of carbonyl (C=O) groups excluding carboxylic acids is 1. The molecule has 0 bridgehead atoms. The molecule has 2 aliphatic rings. The first-order valence-corrected chi connectivity index (χ1v) is 8.92. The summed E-state index contributed by atoms with van der Waals surface area (Å²) in [7, 11) is 1.59. The molecular weight excluding hydrogens is 332 g/mol. The highest BCUT2D eigenvalue weighted by atomic mass is 35.5. The Morgan fingerprint density at radius 3 is 2.91 bits per heavy atom. The van der Waals surface area contributed by atoms with Crippen LogP contribution in [0.5, 0.6) is 5.75 Å². The number of thiophene rings is 1. The Bertz CT molecular complexity index is 734. The van der Waals surface area contributed by atoms with E-state index >= 15 is 0 Å². The molecule has 1 amide bonds. The third-order valence-corrected chi connectivity index (χ3v) is 5.79. The summed E-state index contributed by atoms with van der Waals surface area (Å²) in [5.41, 5.74) is 0.827. The van der Waals surface area contributed by atoms with E-state index in [1.807, 2.05) is 29.2 Å². The van der Waals surface area contributed by atoms with Crippen molar-refractivity contribution >= 4 is 34.5 Å². The first-order chi connectivity index (χ1) is 11.2. The molecule has 0 spiro atoms. The smallest absolute Gasteiger partial charge is 0.246 e. The van der Waals surface area contributed by atoms with Crippen LogP contribution in [0.3, 0.4) is 0 Å². The van der Waals surface area contributed by atoms with Crippen LogP contribution in [0.1, 0.15) is 23.9 Å². The summed E-state index contributed by atoms with van der Waals surface area (Å²) in [6, 6.07) is 9.67. The number of ether oxygens (including phenoxy) is 1. The van der Waals surface area contributed by atoms with Gasteiger partial charge in [0.25, 0.3) is 0 Å². The summed E-state index contributed by atoms with van der Waals surface area (Å²) in [5, 5.41) is 2.58. The van der Waals surface area contributed by atoms with Gasteiger partial charge in [0.05, 0.1) is 18.2 Å². The van der Waals surface area contributed by atoms with Gasteiger partial charge in [0.1, 0.15) is 11.9 Å². The minimum Gasteiger partial charge on any atom is -0.495 e. The van der Waals surface area contributed by atoms with E-state index in [2.05, 4.69) is 16.3 Å². The maximum atomic E-state index is 13.0. The summed E-state index contributed by atoms with van der Waals surface area (Å²) in [6.07, 6.45) is 1.98. The van der Waals surface area contributed by atoms with Gasteiger partial charge in [-0.3, -0.25) is 14.6 Å². The summed E-state index contributed by atoms with van der Waals surface area (Å²) in [4.78, 5) is 18.4. The van der Waals surface area contributed by atoms with Crippen molar-refractivity contribution < 1.29 is 9.53 Å².